The Morgan fingerprint density at radius 3 is 2.82 bits per heavy atom. The third-order valence-electron chi connectivity index (χ3n) is 1.72. The van der Waals surface area contributed by atoms with E-state index in [4.69, 9.17) is 5.53 Å². The van der Waals surface area contributed by atoms with Crippen LogP contribution in [0.3, 0.4) is 0 Å². The second-order valence-electron chi connectivity index (χ2n) is 2.43. The Morgan fingerprint density at radius 1 is 1.64 bits per heavy atom. The number of rotatable bonds is 2. The number of hydrogen-bond acceptors (Lipinski definition) is 2. The van der Waals surface area contributed by atoms with Crippen LogP contribution in [0.4, 0.5) is 5.82 Å². The van der Waals surface area contributed by atoms with E-state index in [0.717, 1.165) is 17.8 Å². The van der Waals surface area contributed by atoms with E-state index in [0.29, 0.717) is 0 Å². The van der Waals surface area contributed by atoms with E-state index in [1.54, 1.807) is 0 Å². The van der Waals surface area contributed by atoms with Gasteiger partial charge in [0, 0.05) is 5.56 Å². The number of hydrogen-bond donors (Lipinski definition) is 1. The van der Waals surface area contributed by atoms with Gasteiger partial charge < -0.3 is 0 Å². The van der Waals surface area contributed by atoms with E-state index in [1.165, 1.54) is 0 Å². The molecule has 11 heavy (non-hydrogen) atoms. The summed E-state index contributed by atoms with van der Waals surface area (Å²) in [6, 6.07) is 3.96. The fraction of sp³-hybridized carbons (Fsp3) is 0.375. The van der Waals surface area contributed by atoms with Crippen LogP contribution in [0.5, 0.6) is 0 Å². The molecule has 0 saturated heterocycles. The molecule has 0 aliphatic carbocycles. The minimum Gasteiger partial charge on any atom is -0.232 e. The first-order valence-electron chi connectivity index (χ1n) is 3.64. The van der Waals surface area contributed by atoms with Gasteiger partial charge in [0.05, 0.1) is 18.4 Å². The summed E-state index contributed by atoms with van der Waals surface area (Å²) in [5.41, 5.74) is 8.05. The molecular weight excluding hydrogens is 138 g/mol. The van der Waals surface area contributed by atoms with Gasteiger partial charge in [-0.05, 0) is 18.6 Å². The molecule has 0 amide bonds. The summed E-state index contributed by atoms with van der Waals surface area (Å²) in [6.07, 6.45) is 2.82. The molecular formula is C8H12N3+. The van der Waals surface area contributed by atoms with Crippen molar-refractivity contribution in [2.45, 2.75) is 13.3 Å². The minimum atomic E-state index is 0.745. The number of aryl methyl sites for hydroxylation is 2. The molecule has 1 aromatic rings. The summed E-state index contributed by atoms with van der Waals surface area (Å²) in [4.78, 5) is 0. The molecule has 0 saturated carbocycles. The van der Waals surface area contributed by atoms with Crippen LogP contribution in [0.1, 0.15) is 12.5 Å². The zero-order valence-corrected chi connectivity index (χ0v) is 6.83. The zero-order valence-electron chi connectivity index (χ0n) is 6.83. The minimum absolute atomic E-state index is 0.745. The number of nitrogens with one attached hydrogen (secondary N) is 1. The lowest BCUT2D eigenvalue weighted by Gasteiger charge is -1.96. The highest BCUT2D eigenvalue weighted by Crippen LogP contribution is 2.12. The van der Waals surface area contributed by atoms with Gasteiger partial charge in [-0.1, -0.05) is 12.5 Å². The number of pyridine rings is 1. The molecule has 0 aliphatic rings. The van der Waals surface area contributed by atoms with Crippen LogP contribution in [0.25, 0.3) is 0 Å². The summed E-state index contributed by atoms with van der Waals surface area (Å²) >= 11 is 0. The maximum Gasteiger partial charge on any atom is 0.352 e. The number of nitrogens with zero attached hydrogens (tertiary/aromatic N) is 2. The molecule has 0 atom stereocenters. The molecule has 0 radical (unpaired) electrons. The molecule has 0 fully saturated rings. The van der Waals surface area contributed by atoms with E-state index in [1.807, 2.05) is 29.9 Å². The average molecular weight is 150 g/mol. The van der Waals surface area contributed by atoms with Crippen molar-refractivity contribution in [1.29, 1.82) is 5.53 Å². The third kappa shape index (κ3) is 1.42. The Hall–Kier alpha value is -1.25. The van der Waals surface area contributed by atoms with Crippen molar-refractivity contribution in [3.8, 4) is 0 Å². The van der Waals surface area contributed by atoms with Crippen molar-refractivity contribution in [1.82, 2.24) is 0 Å². The van der Waals surface area contributed by atoms with Crippen LogP contribution >= 0.6 is 0 Å². The smallest absolute Gasteiger partial charge is 0.232 e. The molecule has 1 heterocycles. The molecule has 3 nitrogen and oxygen atoms in total. The summed E-state index contributed by atoms with van der Waals surface area (Å²) in [5.74, 6) is 0.745. The standard InChI is InChI=1S/C8H12N3/c1-3-7-5-4-6-11(2)8(7)10-9/h4-6,9H,3H2,1-2H3/q+1. The lowest BCUT2D eigenvalue weighted by atomic mass is 10.2. The first kappa shape index (κ1) is 7.85. The van der Waals surface area contributed by atoms with Gasteiger partial charge >= 0.3 is 5.82 Å². The normalized spacial score (nSPS) is 9.64. The van der Waals surface area contributed by atoms with Gasteiger partial charge in [-0.25, -0.2) is 4.57 Å². The predicted octanol–water partition coefficient (Wildman–Crippen LogP) is 1.74. The molecule has 1 N–H and O–H groups in total. The largest absolute Gasteiger partial charge is 0.352 e. The van der Waals surface area contributed by atoms with Gasteiger partial charge in [0.15, 0.2) is 0 Å². The molecule has 1 aromatic heterocycles. The van der Waals surface area contributed by atoms with Crippen molar-refractivity contribution >= 4 is 5.82 Å². The van der Waals surface area contributed by atoms with Crippen molar-refractivity contribution in [2.75, 3.05) is 0 Å². The Morgan fingerprint density at radius 2 is 2.36 bits per heavy atom. The predicted molar refractivity (Wildman–Crippen MR) is 41.8 cm³/mol. The van der Waals surface area contributed by atoms with Crippen molar-refractivity contribution in [3.63, 3.8) is 0 Å². The van der Waals surface area contributed by atoms with Crippen molar-refractivity contribution < 1.29 is 4.57 Å². The fourth-order valence-corrected chi connectivity index (χ4v) is 1.09. The lowest BCUT2D eigenvalue weighted by Crippen LogP contribution is -2.28. The second kappa shape index (κ2) is 3.23. The number of aromatic nitrogens is 1. The van der Waals surface area contributed by atoms with Crippen LogP contribution in [-0.4, -0.2) is 0 Å². The van der Waals surface area contributed by atoms with E-state index >= 15 is 0 Å². The van der Waals surface area contributed by atoms with Crippen LogP contribution in [0.15, 0.2) is 23.4 Å². The zero-order chi connectivity index (χ0) is 8.27. The average Bonchev–Trinajstić information content (AvgIpc) is 2.04. The van der Waals surface area contributed by atoms with E-state index in [2.05, 4.69) is 12.0 Å². The Kier molecular flexibility index (Phi) is 2.31. The van der Waals surface area contributed by atoms with Gasteiger partial charge in [-0.15, -0.1) is 0 Å². The van der Waals surface area contributed by atoms with Crippen LogP contribution in [0.2, 0.25) is 0 Å². The van der Waals surface area contributed by atoms with Crippen LogP contribution in [0, 0.1) is 5.53 Å². The first-order valence-corrected chi connectivity index (χ1v) is 3.64. The summed E-state index contributed by atoms with van der Waals surface area (Å²) < 4.78 is 1.85. The third-order valence-corrected chi connectivity index (χ3v) is 1.72. The van der Waals surface area contributed by atoms with Crippen molar-refractivity contribution in [2.24, 2.45) is 12.2 Å². The molecule has 0 spiro atoms. The highest BCUT2D eigenvalue weighted by Gasteiger charge is 2.09. The highest BCUT2D eigenvalue weighted by molar-refractivity contribution is 5.31. The Labute approximate surface area is 66.2 Å². The molecule has 0 bridgehead atoms. The monoisotopic (exact) mass is 150 g/mol. The van der Waals surface area contributed by atoms with Crippen LogP contribution in [-0.2, 0) is 13.5 Å². The lowest BCUT2D eigenvalue weighted by molar-refractivity contribution is -0.659. The van der Waals surface area contributed by atoms with Gasteiger partial charge in [0.25, 0.3) is 0 Å². The molecule has 1 rings (SSSR count). The summed E-state index contributed by atoms with van der Waals surface area (Å²) in [6.45, 7) is 2.06. The van der Waals surface area contributed by atoms with Crippen molar-refractivity contribution in [3.05, 3.63) is 23.9 Å². The summed E-state index contributed by atoms with van der Waals surface area (Å²) in [5, 5.41) is 3.45. The summed E-state index contributed by atoms with van der Waals surface area (Å²) in [7, 11) is 1.90. The quantitative estimate of drug-likeness (QED) is 0.492. The van der Waals surface area contributed by atoms with Gasteiger partial charge in [-0.3, -0.25) is 0 Å². The van der Waals surface area contributed by atoms with E-state index < -0.39 is 0 Å². The molecule has 58 valence electrons. The second-order valence-corrected chi connectivity index (χ2v) is 2.43. The molecule has 0 aromatic carbocycles. The van der Waals surface area contributed by atoms with Gasteiger partial charge in [0.1, 0.15) is 0 Å². The van der Waals surface area contributed by atoms with Gasteiger partial charge in [-0.2, -0.15) is 0 Å². The van der Waals surface area contributed by atoms with E-state index in [9.17, 15) is 0 Å². The maximum atomic E-state index is 6.93. The molecule has 3 heteroatoms. The van der Waals surface area contributed by atoms with Gasteiger partial charge in [0.2, 0.25) is 0 Å². The Bertz CT molecular complexity index is 268. The Balaban J connectivity index is 3.24. The van der Waals surface area contributed by atoms with E-state index in [-0.39, 0.29) is 0 Å². The highest BCUT2D eigenvalue weighted by atomic mass is 15.1. The topological polar surface area (TPSA) is 40.1 Å². The maximum absolute atomic E-state index is 6.93. The fourth-order valence-electron chi connectivity index (χ4n) is 1.09. The molecule has 0 aliphatic heterocycles. The SMILES string of the molecule is CCc1ccc[n+](C)c1N=N. The first-order chi connectivity index (χ1) is 5.29. The van der Waals surface area contributed by atoms with Crippen LogP contribution < -0.4 is 4.57 Å². The molecule has 0 unspecified atom stereocenters.